The Morgan fingerprint density at radius 1 is 1.23 bits per heavy atom. The van der Waals surface area contributed by atoms with Gasteiger partial charge in [-0.05, 0) is 32.1 Å². The van der Waals surface area contributed by atoms with Crippen molar-refractivity contribution < 1.29 is 19.1 Å². The number of ether oxygens (including phenoxy) is 2. The van der Waals surface area contributed by atoms with Crippen molar-refractivity contribution in [1.82, 2.24) is 4.90 Å². The Morgan fingerprint density at radius 3 is 2.50 bits per heavy atom. The van der Waals surface area contributed by atoms with E-state index in [4.69, 9.17) is 14.7 Å². The van der Waals surface area contributed by atoms with E-state index in [2.05, 4.69) is 0 Å². The maximum Gasteiger partial charge on any atom is 0.350 e. The first-order valence-corrected chi connectivity index (χ1v) is 6.63. The van der Waals surface area contributed by atoms with Gasteiger partial charge in [-0.2, -0.15) is 5.26 Å². The molecule has 0 radical (unpaired) electrons. The Hall–Kier alpha value is -2.81. The molecule has 2 rings (SSSR count). The summed E-state index contributed by atoms with van der Waals surface area (Å²) in [5.74, 6) is -0.739. The Labute approximate surface area is 128 Å². The number of hydrogen-bond donors (Lipinski definition) is 0. The van der Waals surface area contributed by atoms with Crippen LogP contribution in [0.2, 0.25) is 0 Å². The monoisotopic (exact) mass is 300 g/mol. The van der Waals surface area contributed by atoms with Crippen LogP contribution in [0.1, 0.15) is 13.8 Å². The van der Waals surface area contributed by atoms with Crippen LogP contribution in [0, 0.1) is 11.3 Å². The summed E-state index contributed by atoms with van der Waals surface area (Å²) in [5, 5.41) is 9.06. The van der Waals surface area contributed by atoms with Crippen LogP contribution in [0.5, 0.6) is 0 Å². The summed E-state index contributed by atoms with van der Waals surface area (Å²) >= 11 is 0. The summed E-state index contributed by atoms with van der Waals surface area (Å²) in [6.45, 7) is 3.39. The number of nitrogens with zero attached hydrogens (tertiary/aromatic N) is 2. The van der Waals surface area contributed by atoms with E-state index in [1.807, 2.05) is 6.07 Å². The van der Waals surface area contributed by atoms with Crippen LogP contribution >= 0.6 is 0 Å². The van der Waals surface area contributed by atoms with Crippen molar-refractivity contribution in [3.05, 3.63) is 46.9 Å². The molecule has 0 amide bonds. The Bertz CT molecular complexity index is 700. The van der Waals surface area contributed by atoms with Gasteiger partial charge in [-0.25, -0.2) is 9.59 Å². The molecule has 6 heteroatoms. The summed E-state index contributed by atoms with van der Waals surface area (Å²) in [5.41, 5.74) is -0.0289. The molecule has 0 saturated heterocycles. The Morgan fingerprint density at radius 2 is 1.91 bits per heavy atom. The molecule has 6 nitrogen and oxygen atoms in total. The van der Waals surface area contributed by atoms with Gasteiger partial charge in [-0.1, -0.05) is 0 Å². The van der Waals surface area contributed by atoms with Crippen LogP contribution in [-0.4, -0.2) is 36.5 Å². The molecule has 2 aliphatic heterocycles. The fraction of sp³-hybridized carbons (Fsp3) is 0.312. The number of carbonyl (C=O) groups excluding carboxylic acids is 2. The number of nitriles is 1. The number of cyclic esters (lactones) is 2. The van der Waals surface area contributed by atoms with E-state index in [1.165, 1.54) is 0 Å². The van der Waals surface area contributed by atoms with Gasteiger partial charge in [0.25, 0.3) is 0 Å². The van der Waals surface area contributed by atoms with Crippen molar-refractivity contribution >= 4 is 11.9 Å². The maximum absolute atomic E-state index is 11.7. The van der Waals surface area contributed by atoms with E-state index in [9.17, 15) is 9.59 Å². The van der Waals surface area contributed by atoms with Gasteiger partial charge >= 0.3 is 11.9 Å². The van der Waals surface area contributed by atoms with Gasteiger partial charge in [0.2, 0.25) is 0 Å². The fourth-order valence-corrected chi connectivity index (χ4v) is 2.16. The van der Waals surface area contributed by atoms with E-state index in [-0.39, 0.29) is 5.57 Å². The lowest BCUT2D eigenvalue weighted by Crippen LogP contribution is -2.22. The molecule has 0 atom stereocenters. The maximum atomic E-state index is 11.7. The standard InChI is InChI=1S/C16H16N2O4/c1-16(2)13(12(8-17)15(20)22-16)6-5-11-7-10(9-18(3)4)14(19)21-11/h5-7,9H,1-4H3/b6-5+,10-9-. The van der Waals surface area contributed by atoms with Gasteiger partial charge in [-0.3, -0.25) is 0 Å². The van der Waals surface area contributed by atoms with Crippen molar-refractivity contribution in [2.45, 2.75) is 19.4 Å². The minimum absolute atomic E-state index is 0.0322. The van der Waals surface area contributed by atoms with Crippen LogP contribution < -0.4 is 0 Å². The van der Waals surface area contributed by atoms with Gasteiger partial charge in [0.1, 0.15) is 23.0 Å². The second-order valence-corrected chi connectivity index (χ2v) is 5.62. The Kier molecular flexibility index (Phi) is 3.91. The molecule has 0 aliphatic carbocycles. The van der Waals surface area contributed by atoms with Crippen LogP contribution in [0.25, 0.3) is 0 Å². The van der Waals surface area contributed by atoms with Gasteiger partial charge in [0.05, 0.1) is 5.57 Å². The molecule has 0 aromatic heterocycles. The summed E-state index contributed by atoms with van der Waals surface area (Å²) in [7, 11) is 3.60. The minimum atomic E-state index is -0.885. The smallest absolute Gasteiger partial charge is 0.350 e. The molecule has 114 valence electrons. The third-order valence-electron chi connectivity index (χ3n) is 3.14. The zero-order valence-corrected chi connectivity index (χ0v) is 12.8. The molecule has 0 spiro atoms. The van der Waals surface area contributed by atoms with E-state index < -0.39 is 17.5 Å². The van der Waals surface area contributed by atoms with Gasteiger partial charge in [0.15, 0.2) is 0 Å². The molecule has 0 unspecified atom stereocenters. The second kappa shape index (κ2) is 5.53. The van der Waals surface area contributed by atoms with E-state index >= 15 is 0 Å². The van der Waals surface area contributed by atoms with Crippen LogP contribution in [0.4, 0.5) is 0 Å². The molecule has 0 saturated carbocycles. The van der Waals surface area contributed by atoms with Crippen LogP contribution in [0.15, 0.2) is 46.9 Å². The van der Waals surface area contributed by atoms with Gasteiger partial charge in [0, 0.05) is 25.9 Å². The van der Waals surface area contributed by atoms with E-state index in [0.717, 1.165) is 0 Å². The predicted octanol–water partition coefficient (Wildman–Crippen LogP) is 1.58. The molecule has 0 aromatic rings. The first-order chi connectivity index (χ1) is 10.2. The quantitative estimate of drug-likeness (QED) is 0.581. The highest BCUT2D eigenvalue weighted by Gasteiger charge is 2.39. The SMILES string of the molecule is CN(C)/C=C1C=C(/C=C/C2=C(C#N)C(=O)OC2(C)C)OC/1=O. The third kappa shape index (κ3) is 2.93. The zero-order valence-electron chi connectivity index (χ0n) is 12.8. The van der Waals surface area contributed by atoms with E-state index in [1.54, 1.807) is 57.3 Å². The largest absolute Gasteiger partial charge is 0.451 e. The van der Waals surface area contributed by atoms with E-state index in [0.29, 0.717) is 16.9 Å². The molecule has 0 fully saturated rings. The summed E-state index contributed by atoms with van der Waals surface area (Å²) in [6, 6.07) is 1.85. The Balaban J connectivity index is 2.30. The summed E-state index contributed by atoms with van der Waals surface area (Å²) in [4.78, 5) is 25.0. The number of allylic oxidation sites excluding steroid dienone is 1. The molecular weight excluding hydrogens is 284 g/mol. The average molecular weight is 300 g/mol. The fourth-order valence-electron chi connectivity index (χ4n) is 2.16. The highest BCUT2D eigenvalue weighted by molar-refractivity contribution is 5.98. The lowest BCUT2D eigenvalue weighted by Gasteiger charge is -2.18. The lowest BCUT2D eigenvalue weighted by atomic mass is 9.95. The van der Waals surface area contributed by atoms with Gasteiger partial charge < -0.3 is 14.4 Å². The highest BCUT2D eigenvalue weighted by atomic mass is 16.6. The van der Waals surface area contributed by atoms with Crippen molar-refractivity contribution in [3.8, 4) is 6.07 Å². The molecule has 2 heterocycles. The first kappa shape index (κ1) is 15.6. The molecule has 0 N–H and O–H groups in total. The van der Waals surface area contributed by atoms with Crippen molar-refractivity contribution in [1.29, 1.82) is 5.26 Å². The molecular formula is C16H16N2O4. The van der Waals surface area contributed by atoms with Crippen molar-refractivity contribution in [3.63, 3.8) is 0 Å². The third-order valence-corrected chi connectivity index (χ3v) is 3.14. The zero-order chi connectivity index (χ0) is 16.5. The van der Waals surface area contributed by atoms with Crippen LogP contribution in [0.3, 0.4) is 0 Å². The number of hydrogen-bond acceptors (Lipinski definition) is 6. The summed E-state index contributed by atoms with van der Waals surface area (Å²) in [6.07, 6.45) is 6.36. The first-order valence-electron chi connectivity index (χ1n) is 6.63. The second-order valence-electron chi connectivity index (χ2n) is 5.62. The molecule has 2 aliphatic rings. The topological polar surface area (TPSA) is 79.6 Å². The van der Waals surface area contributed by atoms with Crippen molar-refractivity contribution in [2.75, 3.05) is 14.1 Å². The lowest BCUT2D eigenvalue weighted by molar-refractivity contribution is -0.144. The average Bonchev–Trinajstić information content (AvgIpc) is 2.83. The predicted molar refractivity (Wildman–Crippen MR) is 77.9 cm³/mol. The molecule has 22 heavy (non-hydrogen) atoms. The number of carbonyl (C=O) groups is 2. The minimum Gasteiger partial charge on any atom is -0.451 e. The number of rotatable bonds is 3. The van der Waals surface area contributed by atoms with Gasteiger partial charge in [-0.15, -0.1) is 0 Å². The molecule has 0 bridgehead atoms. The van der Waals surface area contributed by atoms with Crippen LogP contribution in [-0.2, 0) is 19.1 Å². The number of esters is 2. The molecule has 0 aromatic carbocycles. The highest BCUT2D eigenvalue weighted by Crippen LogP contribution is 2.33. The summed E-state index contributed by atoms with van der Waals surface area (Å²) < 4.78 is 10.3. The normalized spacial score (nSPS) is 22.0. The van der Waals surface area contributed by atoms with Crippen molar-refractivity contribution in [2.24, 2.45) is 0 Å².